The summed E-state index contributed by atoms with van der Waals surface area (Å²) in [4.78, 5) is 4.20. The second kappa shape index (κ2) is 6.17. The fourth-order valence-electron chi connectivity index (χ4n) is 2.59. The van der Waals surface area contributed by atoms with E-state index in [9.17, 15) is 5.11 Å². The molecule has 1 saturated carbocycles. The van der Waals surface area contributed by atoms with E-state index in [0.29, 0.717) is 5.92 Å². The Bertz CT molecular complexity index is 337. The largest absolute Gasteiger partial charge is 0.393 e. The van der Waals surface area contributed by atoms with Gasteiger partial charge in [0.15, 0.2) is 0 Å². The standard InChI is InChI=1S/C13H23N3O/c1-11-15-6-8-16(11)7-5-14-10-12-3-2-4-13(17)9-12/h6,8,12-14,17H,2-5,7,9-10H2,1H3. The molecule has 0 saturated heterocycles. The summed E-state index contributed by atoms with van der Waals surface area (Å²) in [7, 11) is 0. The second-order valence-electron chi connectivity index (χ2n) is 5.06. The number of rotatable bonds is 5. The molecule has 1 aliphatic rings. The van der Waals surface area contributed by atoms with Crippen molar-refractivity contribution in [1.82, 2.24) is 14.9 Å². The number of aromatic nitrogens is 2. The summed E-state index contributed by atoms with van der Waals surface area (Å²) >= 11 is 0. The number of hydrogen-bond acceptors (Lipinski definition) is 3. The SMILES string of the molecule is Cc1nccn1CCNCC1CCCC(O)C1. The molecular weight excluding hydrogens is 214 g/mol. The van der Waals surface area contributed by atoms with Crippen LogP contribution in [0, 0.1) is 12.8 Å². The number of hydrogen-bond donors (Lipinski definition) is 2. The lowest BCUT2D eigenvalue weighted by atomic mass is 9.87. The average Bonchev–Trinajstić information content (AvgIpc) is 2.71. The van der Waals surface area contributed by atoms with Crippen LogP contribution >= 0.6 is 0 Å². The van der Waals surface area contributed by atoms with E-state index in [-0.39, 0.29) is 6.10 Å². The smallest absolute Gasteiger partial charge is 0.105 e. The fourth-order valence-corrected chi connectivity index (χ4v) is 2.59. The lowest BCUT2D eigenvalue weighted by Crippen LogP contribution is -2.31. The number of nitrogens with zero attached hydrogens (tertiary/aromatic N) is 2. The summed E-state index contributed by atoms with van der Waals surface area (Å²) in [5.74, 6) is 1.72. The molecule has 0 radical (unpaired) electrons. The van der Waals surface area contributed by atoms with Gasteiger partial charge in [0.05, 0.1) is 6.10 Å². The molecule has 2 N–H and O–H groups in total. The van der Waals surface area contributed by atoms with Crippen LogP contribution in [0.4, 0.5) is 0 Å². The van der Waals surface area contributed by atoms with Crippen molar-refractivity contribution in [3.8, 4) is 0 Å². The molecule has 0 bridgehead atoms. The van der Waals surface area contributed by atoms with E-state index < -0.39 is 0 Å². The van der Waals surface area contributed by atoms with Crippen LogP contribution < -0.4 is 5.32 Å². The molecule has 0 aromatic carbocycles. The zero-order chi connectivity index (χ0) is 12.1. The van der Waals surface area contributed by atoms with E-state index in [1.54, 1.807) is 0 Å². The van der Waals surface area contributed by atoms with Crippen LogP contribution in [0.3, 0.4) is 0 Å². The Morgan fingerprint density at radius 1 is 1.53 bits per heavy atom. The van der Waals surface area contributed by atoms with Gasteiger partial charge in [-0.3, -0.25) is 0 Å². The van der Waals surface area contributed by atoms with Crippen LogP contribution in [-0.2, 0) is 6.54 Å². The van der Waals surface area contributed by atoms with Gasteiger partial charge in [0.2, 0.25) is 0 Å². The van der Waals surface area contributed by atoms with Crippen molar-refractivity contribution in [2.75, 3.05) is 13.1 Å². The normalized spacial score (nSPS) is 25.1. The zero-order valence-corrected chi connectivity index (χ0v) is 10.6. The Kier molecular flexibility index (Phi) is 4.57. The molecule has 2 rings (SSSR count). The molecule has 0 amide bonds. The number of nitrogens with one attached hydrogen (secondary N) is 1. The van der Waals surface area contributed by atoms with Gasteiger partial charge in [-0.25, -0.2) is 4.98 Å². The first-order chi connectivity index (χ1) is 8.25. The van der Waals surface area contributed by atoms with Crippen molar-refractivity contribution in [3.63, 3.8) is 0 Å². The molecule has 1 aromatic rings. The van der Waals surface area contributed by atoms with Crippen molar-refractivity contribution >= 4 is 0 Å². The first-order valence-electron chi connectivity index (χ1n) is 6.62. The molecule has 2 unspecified atom stereocenters. The van der Waals surface area contributed by atoms with E-state index in [1.165, 1.54) is 12.8 Å². The van der Waals surface area contributed by atoms with E-state index in [1.807, 2.05) is 19.3 Å². The van der Waals surface area contributed by atoms with Crippen molar-refractivity contribution < 1.29 is 5.11 Å². The fraction of sp³-hybridized carbons (Fsp3) is 0.769. The van der Waals surface area contributed by atoms with E-state index >= 15 is 0 Å². The first-order valence-corrected chi connectivity index (χ1v) is 6.62. The van der Waals surface area contributed by atoms with Crippen LogP contribution in [0.15, 0.2) is 12.4 Å². The predicted octanol–water partition coefficient (Wildman–Crippen LogP) is 1.33. The van der Waals surface area contributed by atoms with Crippen LogP contribution in [0.1, 0.15) is 31.5 Å². The molecule has 1 aromatic heterocycles. The second-order valence-corrected chi connectivity index (χ2v) is 5.06. The lowest BCUT2D eigenvalue weighted by Gasteiger charge is -2.26. The van der Waals surface area contributed by atoms with Crippen LogP contribution in [-0.4, -0.2) is 33.9 Å². The van der Waals surface area contributed by atoms with Gasteiger partial charge in [-0.2, -0.15) is 0 Å². The van der Waals surface area contributed by atoms with Gasteiger partial charge in [-0.1, -0.05) is 6.42 Å². The summed E-state index contributed by atoms with van der Waals surface area (Å²) < 4.78 is 2.16. The molecule has 4 nitrogen and oxygen atoms in total. The molecule has 0 aliphatic heterocycles. The minimum absolute atomic E-state index is 0.0635. The Morgan fingerprint density at radius 3 is 3.12 bits per heavy atom. The highest BCUT2D eigenvalue weighted by molar-refractivity contribution is 4.88. The molecule has 17 heavy (non-hydrogen) atoms. The molecule has 1 fully saturated rings. The number of aliphatic hydroxyl groups is 1. The Labute approximate surface area is 103 Å². The molecule has 1 aliphatic carbocycles. The van der Waals surface area contributed by atoms with Crippen LogP contribution in [0.25, 0.3) is 0 Å². The molecule has 2 atom stereocenters. The molecule has 1 heterocycles. The summed E-state index contributed by atoms with van der Waals surface area (Å²) in [5.41, 5.74) is 0. The maximum absolute atomic E-state index is 9.58. The minimum Gasteiger partial charge on any atom is -0.393 e. The summed E-state index contributed by atoms with van der Waals surface area (Å²) in [6.45, 7) is 5.01. The highest BCUT2D eigenvalue weighted by Crippen LogP contribution is 2.23. The lowest BCUT2D eigenvalue weighted by molar-refractivity contribution is 0.101. The number of imidazole rings is 1. The topological polar surface area (TPSA) is 50.1 Å². The van der Waals surface area contributed by atoms with E-state index in [2.05, 4.69) is 14.9 Å². The quantitative estimate of drug-likeness (QED) is 0.760. The van der Waals surface area contributed by atoms with E-state index in [0.717, 1.165) is 38.3 Å². The van der Waals surface area contributed by atoms with Gasteiger partial charge in [0, 0.05) is 25.5 Å². The van der Waals surface area contributed by atoms with E-state index in [4.69, 9.17) is 0 Å². The predicted molar refractivity (Wildman–Crippen MR) is 67.8 cm³/mol. The van der Waals surface area contributed by atoms with Crippen LogP contribution in [0.5, 0.6) is 0 Å². The van der Waals surface area contributed by atoms with Gasteiger partial charge in [-0.15, -0.1) is 0 Å². The van der Waals surface area contributed by atoms with Gasteiger partial charge >= 0.3 is 0 Å². The third-order valence-electron chi connectivity index (χ3n) is 3.64. The summed E-state index contributed by atoms with van der Waals surface area (Å²) in [6, 6.07) is 0. The maximum Gasteiger partial charge on any atom is 0.105 e. The summed E-state index contributed by atoms with van der Waals surface area (Å²) in [6.07, 6.45) is 8.18. The number of aryl methyl sites for hydroxylation is 1. The Morgan fingerprint density at radius 2 is 2.41 bits per heavy atom. The van der Waals surface area contributed by atoms with Crippen molar-refractivity contribution in [2.24, 2.45) is 5.92 Å². The monoisotopic (exact) mass is 237 g/mol. The first kappa shape index (κ1) is 12.6. The number of aliphatic hydroxyl groups excluding tert-OH is 1. The zero-order valence-electron chi connectivity index (χ0n) is 10.6. The minimum atomic E-state index is -0.0635. The van der Waals surface area contributed by atoms with Gasteiger partial charge in [0.25, 0.3) is 0 Å². The summed E-state index contributed by atoms with van der Waals surface area (Å²) in [5, 5.41) is 13.1. The molecule has 0 spiro atoms. The van der Waals surface area contributed by atoms with Gasteiger partial charge < -0.3 is 15.0 Å². The third kappa shape index (κ3) is 3.82. The van der Waals surface area contributed by atoms with Crippen LogP contribution in [0.2, 0.25) is 0 Å². The third-order valence-corrected chi connectivity index (χ3v) is 3.64. The van der Waals surface area contributed by atoms with Crippen molar-refractivity contribution in [2.45, 2.75) is 45.3 Å². The Balaban J connectivity index is 1.61. The van der Waals surface area contributed by atoms with Gasteiger partial charge in [0.1, 0.15) is 5.82 Å². The average molecular weight is 237 g/mol. The molecular formula is C13H23N3O. The highest BCUT2D eigenvalue weighted by atomic mass is 16.3. The van der Waals surface area contributed by atoms with Gasteiger partial charge in [-0.05, 0) is 38.6 Å². The molecule has 96 valence electrons. The highest BCUT2D eigenvalue weighted by Gasteiger charge is 2.19. The van der Waals surface area contributed by atoms with Crippen molar-refractivity contribution in [3.05, 3.63) is 18.2 Å². The maximum atomic E-state index is 9.58. The van der Waals surface area contributed by atoms with Crippen molar-refractivity contribution in [1.29, 1.82) is 0 Å². The molecule has 4 heteroatoms. The Hall–Kier alpha value is -0.870.